The second-order valence-corrected chi connectivity index (χ2v) is 5.39. The fourth-order valence-corrected chi connectivity index (χ4v) is 2.05. The summed E-state index contributed by atoms with van der Waals surface area (Å²) in [5, 5.41) is 13.1. The molecule has 0 saturated heterocycles. The summed E-state index contributed by atoms with van der Waals surface area (Å²) in [5.74, 6) is 0. The fourth-order valence-electron chi connectivity index (χ4n) is 2.05. The van der Waals surface area contributed by atoms with Gasteiger partial charge in [0, 0.05) is 26.3 Å². The van der Waals surface area contributed by atoms with Crippen LogP contribution < -0.4 is 5.32 Å². The van der Waals surface area contributed by atoms with Gasteiger partial charge < -0.3 is 15.2 Å². The van der Waals surface area contributed by atoms with Crippen LogP contribution in [0.25, 0.3) is 0 Å². The van der Waals surface area contributed by atoms with E-state index < -0.39 is 0 Å². The van der Waals surface area contributed by atoms with Crippen molar-refractivity contribution in [3.8, 4) is 0 Å². The molecule has 0 bridgehead atoms. The Balaban J connectivity index is 2.22. The first-order valence-corrected chi connectivity index (χ1v) is 5.95. The van der Waals surface area contributed by atoms with Gasteiger partial charge >= 0.3 is 0 Å². The molecule has 1 saturated carbocycles. The van der Waals surface area contributed by atoms with Crippen molar-refractivity contribution in [2.75, 3.05) is 20.3 Å². The van der Waals surface area contributed by atoms with Crippen molar-refractivity contribution in [3.05, 3.63) is 0 Å². The van der Waals surface area contributed by atoms with Crippen molar-refractivity contribution >= 4 is 0 Å². The molecule has 3 nitrogen and oxygen atoms in total. The standard InChI is InChI=1S/C12H25NO2/c1-12(2,7-8-15-3)9-13-10-5-4-6-11(10)14/h10-11,13-14H,4-9H2,1-3H3/t10-,11-/m0/s1. The first-order valence-electron chi connectivity index (χ1n) is 5.95. The first kappa shape index (κ1) is 12.9. The number of nitrogens with one attached hydrogen (secondary N) is 1. The van der Waals surface area contributed by atoms with Crippen LogP contribution in [0.5, 0.6) is 0 Å². The first-order chi connectivity index (χ1) is 7.05. The van der Waals surface area contributed by atoms with Crippen molar-refractivity contribution < 1.29 is 9.84 Å². The highest BCUT2D eigenvalue weighted by molar-refractivity contribution is 4.84. The van der Waals surface area contributed by atoms with E-state index >= 15 is 0 Å². The Morgan fingerprint density at radius 3 is 2.67 bits per heavy atom. The lowest BCUT2D eigenvalue weighted by atomic mass is 9.89. The maximum absolute atomic E-state index is 9.67. The van der Waals surface area contributed by atoms with E-state index in [0.29, 0.717) is 6.04 Å². The van der Waals surface area contributed by atoms with E-state index in [0.717, 1.165) is 38.8 Å². The molecule has 3 heteroatoms. The quantitative estimate of drug-likeness (QED) is 0.706. The third kappa shape index (κ3) is 4.49. The van der Waals surface area contributed by atoms with Gasteiger partial charge in [-0.05, 0) is 31.1 Å². The average molecular weight is 215 g/mol. The second-order valence-electron chi connectivity index (χ2n) is 5.39. The summed E-state index contributed by atoms with van der Waals surface area (Å²) in [5.41, 5.74) is 0.248. The Morgan fingerprint density at radius 1 is 1.40 bits per heavy atom. The second kappa shape index (κ2) is 5.83. The SMILES string of the molecule is COCCC(C)(C)CN[C@H]1CCC[C@@H]1O. The van der Waals surface area contributed by atoms with Crippen molar-refractivity contribution in [2.24, 2.45) is 5.41 Å². The van der Waals surface area contributed by atoms with Crippen LogP contribution in [0.3, 0.4) is 0 Å². The van der Waals surface area contributed by atoms with E-state index in [4.69, 9.17) is 4.74 Å². The Morgan fingerprint density at radius 2 is 2.13 bits per heavy atom. The molecule has 0 spiro atoms. The van der Waals surface area contributed by atoms with Crippen LogP contribution in [0, 0.1) is 5.41 Å². The molecule has 1 fully saturated rings. The maximum atomic E-state index is 9.67. The predicted molar refractivity (Wildman–Crippen MR) is 61.9 cm³/mol. The van der Waals surface area contributed by atoms with Crippen molar-refractivity contribution in [3.63, 3.8) is 0 Å². The third-order valence-corrected chi connectivity index (χ3v) is 3.31. The summed E-state index contributed by atoms with van der Waals surface area (Å²) in [7, 11) is 1.74. The molecule has 1 aliphatic rings. The highest BCUT2D eigenvalue weighted by Crippen LogP contribution is 2.23. The molecular weight excluding hydrogens is 190 g/mol. The smallest absolute Gasteiger partial charge is 0.0693 e. The van der Waals surface area contributed by atoms with Crippen molar-refractivity contribution in [1.82, 2.24) is 5.32 Å². The number of aliphatic hydroxyl groups excluding tert-OH is 1. The summed E-state index contributed by atoms with van der Waals surface area (Å²) in [4.78, 5) is 0. The summed E-state index contributed by atoms with van der Waals surface area (Å²) in [6.07, 6.45) is 4.14. The van der Waals surface area contributed by atoms with Gasteiger partial charge in [0.05, 0.1) is 6.10 Å². The molecular formula is C12H25NO2. The molecule has 15 heavy (non-hydrogen) atoms. The minimum Gasteiger partial charge on any atom is -0.392 e. The minimum atomic E-state index is -0.136. The van der Waals surface area contributed by atoms with E-state index in [1.54, 1.807) is 7.11 Å². The monoisotopic (exact) mass is 215 g/mol. The van der Waals surface area contributed by atoms with Crippen LogP contribution in [0.15, 0.2) is 0 Å². The summed E-state index contributed by atoms with van der Waals surface area (Å²) >= 11 is 0. The van der Waals surface area contributed by atoms with E-state index in [1.165, 1.54) is 0 Å². The van der Waals surface area contributed by atoms with E-state index in [9.17, 15) is 5.11 Å². The third-order valence-electron chi connectivity index (χ3n) is 3.31. The Labute approximate surface area is 93.2 Å². The molecule has 0 aromatic heterocycles. The van der Waals surface area contributed by atoms with Gasteiger partial charge in [-0.3, -0.25) is 0 Å². The molecule has 0 radical (unpaired) electrons. The molecule has 1 rings (SSSR count). The molecule has 1 aliphatic carbocycles. The van der Waals surface area contributed by atoms with Crippen LogP contribution >= 0.6 is 0 Å². The van der Waals surface area contributed by atoms with Gasteiger partial charge in [0.2, 0.25) is 0 Å². The van der Waals surface area contributed by atoms with E-state index in [1.807, 2.05) is 0 Å². The molecule has 0 aromatic rings. The summed E-state index contributed by atoms with van der Waals surface area (Å²) in [6.45, 7) is 6.24. The largest absolute Gasteiger partial charge is 0.392 e. The van der Waals surface area contributed by atoms with Gasteiger partial charge in [0.15, 0.2) is 0 Å². The van der Waals surface area contributed by atoms with Gasteiger partial charge in [0.1, 0.15) is 0 Å². The lowest BCUT2D eigenvalue weighted by molar-refractivity contribution is 0.126. The Hall–Kier alpha value is -0.120. The normalized spacial score (nSPS) is 27.2. The number of hydrogen-bond acceptors (Lipinski definition) is 3. The molecule has 0 unspecified atom stereocenters. The molecule has 0 amide bonds. The zero-order valence-electron chi connectivity index (χ0n) is 10.3. The Bertz CT molecular complexity index is 182. The van der Waals surface area contributed by atoms with Crippen LogP contribution in [0.1, 0.15) is 39.5 Å². The van der Waals surface area contributed by atoms with E-state index in [2.05, 4.69) is 19.2 Å². The molecule has 2 N–H and O–H groups in total. The minimum absolute atomic E-state index is 0.136. The van der Waals surface area contributed by atoms with Crippen LogP contribution in [0.4, 0.5) is 0 Å². The van der Waals surface area contributed by atoms with Crippen molar-refractivity contribution in [2.45, 2.75) is 51.7 Å². The zero-order chi connectivity index (χ0) is 11.3. The lowest BCUT2D eigenvalue weighted by Crippen LogP contribution is -2.41. The predicted octanol–water partition coefficient (Wildman–Crippen LogP) is 1.55. The topological polar surface area (TPSA) is 41.5 Å². The van der Waals surface area contributed by atoms with Gasteiger partial charge in [-0.15, -0.1) is 0 Å². The zero-order valence-corrected chi connectivity index (χ0v) is 10.3. The molecule has 2 atom stereocenters. The van der Waals surface area contributed by atoms with Gasteiger partial charge in [-0.1, -0.05) is 13.8 Å². The number of aliphatic hydroxyl groups is 1. The highest BCUT2D eigenvalue weighted by Gasteiger charge is 2.27. The number of ether oxygens (including phenoxy) is 1. The molecule has 0 aliphatic heterocycles. The van der Waals surface area contributed by atoms with Crippen LogP contribution in [-0.2, 0) is 4.74 Å². The van der Waals surface area contributed by atoms with Crippen molar-refractivity contribution in [1.29, 1.82) is 0 Å². The maximum Gasteiger partial charge on any atom is 0.0693 e. The lowest BCUT2D eigenvalue weighted by Gasteiger charge is -2.27. The Kier molecular flexibility index (Phi) is 5.03. The number of rotatable bonds is 6. The number of hydrogen-bond donors (Lipinski definition) is 2. The average Bonchev–Trinajstić information content (AvgIpc) is 2.58. The summed E-state index contributed by atoms with van der Waals surface area (Å²) in [6, 6.07) is 0.312. The van der Waals surface area contributed by atoms with Gasteiger partial charge in [-0.25, -0.2) is 0 Å². The molecule has 0 aromatic carbocycles. The number of methoxy groups -OCH3 is 1. The van der Waals surface area contributed by atoms with E-state index in [-0.39, 0.29) is 11.5 Å². The molecule has 0 heterocycles. The molecule has 90 valence electrons. The van der Waals surface area contributed by atoms with Crippen LogP contribution in [0.2, 0.25) is 0 Å². The fraction of sp³-hybridized carbons (Fsp3) is 1.00. The highest BCUT2D eigenvalue weighted by atomic mass is 16.5. The van der Waals surface area contributed by atoms with Gasteiger partial charge in [0.25, 0.3) is 0 Å². The van der Waals surface area contributed by atoms with Gasteiger partial charge in [-0.2, -0.15) is 0 Å². The summed E-state index contributed by atoms with van der Waals surface area (Å²) < 4.78 is 5.09. The van der Waals surface area contributed by atoms with Crippen LogP contribution in [-0.4, -0.2) is 37.5 Å².